The minimum absolute atomic E-state index is 0.0703. The quantitative estimate of drug-likeness (QED) is 0.0501. The molecule has 0 bridgehead atoms. The fraction of sp³-hybridized carbons (Fsp3) is 0.351. The van der Waals surface area contributed by atoms with Crippen molar-refractivity contribution >= 4 is 66.9 Å². The number of unbranched alkanes of at least 4 members (excludes halogenated alkanes) is 12. The average molecular weight is 1100 g/mol. The highest BCUT2D eigenvalue weighted by atomic mass is 32.1. The van der Waals surface area contributed by atoms with Crippen LogP contribution >= 0.6 is 45.3 Å². The zero-order valence-corrected chi connectivity index (χ0v) is 50.1. The van der Waals surface area contributed by atoms with Crippen LogP contribution in [-0.2, 0) is 10.8 Å². The number of hydrogen-bond acceptors (Lipinski definition) is 4. The third kappa shape index (κ3) is 9.83. The molecule has 398 valence electrons. The second-order valence-corrected chi connectivity index (χ2v) is 27.2. The van der Waals surface area contributed by atoms with E-state index in [1.54, 1.807) is 22.3 Å². The van der Waals surface area contributed by atoms with E-state index < -0.39 is 0 Å². The van der Waals surface area contributed by atoms with Crippen molar-refractivity contribution in [3.05, 3.63) is 180 Å². The summed E-state index contributed by atoms with van der Waals surface area (Å²) in [4.78, 5) is 11.0. The van der Waals surface area contributed by atoms with Gasteiger partial charge in [-0.25, -0.2) is 0 Å². The van der Waals surface area contributed by atoms with Crippen LogP contribution < -0.4 is 0 Å². The first-order valence-electron chi connectivity index (χ1n) is 30.2. The van der Waals surface area contributed by atoms with E-state index in [9.17, 15) is 0 Å². The van der Waals surface area contributed by atoms with Gasteiger partial charge in [-0.05, 0) is 118 Å². The molecule has 0 nitrogen and oxygen atoms in total. The molecule has 2 aliphatic carbocycles. The van der Waals surface area contributed by atoms with Crippen molar-refractivity contribution in [3.8, 4) is 72.4 Å². The highest BCUT2D eigenvalue weighted by molar-refractivity contribution is 7.30. The van der Waals surface area contributed by atoms with Crippen LogP contribution in [0.4, 0.5) is 0 Å². The molecule has 4 heteroatoms. The second kappa shape index (κ2) is 23.8. The zero-order valence-electron chi connectivity index (χ0n) is 46.8. The summed E-state index contributed by atoms with van der Waals surface area (Å²) in [7, 11) is 0. The Morgan fingerprint density at radius 1 is 0.269 bits per heavy atom. The van der Waals surface area contributed by atoms with Gasteiger partial charge in [0.05, 0.1) is 9.75 Å². The molecule has 4 heterocycles. The van der Waals surface area contributed by atoms with Gasteiger partial charge >= 0.3 is 0 Å². The van der Waals surface area contributed by atoms with Gasteiger partial charge < -0.3 is 0 Å². The van der Waals surface area contributed by atoms with Crippen molar-refractivity contribution in [2.75, 3.05) is 0 Å². The molecule has 0 fully saturated rings. The third-order valence-electron chi connectivity index (χ3n) is 18.0. The largest absolute Gasteiger partial charge is 0.133 e. The topological polar surface area (TPSA) is 0 Å². The lowest BCUT2D eigenvalue weighted by Gasteiger charge is -2.33. The third-order valence-corrected chi connectivity index (χ3v) is 23.3. The Hall–Kier alpha value is -5.36. The Morgan fingerprint density at radius 2 is 0.590 bits per heavy atom. The van der Waals surface area contributed by atoms with E-state index in [2.05, 4.69) is 185 Å². The van der Waals surface area contributed by atoms with Gasteiger partial charge in [-0.15, -0.1) is 45.3 Å². The fourth-order valence-electron chi connectivity index (χ4n) is 14.1. The highest BCUT2D eigenvalue weighted by Crippen LogP contribution is 2.59. The first kappa shape index (κ1) is 53.3. The van der Waals surface area contributed by atoms with Crippen molar-refractivity contribution in [3.63, 3.8) is 0 Å². The maximum Gasteiger partial charge on any atom is 0.0528 e. The van der Waals surface area contributed by atoms with Gasteiger partial charge in [-0.1, -0.05) is 252 Å². The molecule has 0 atom stereocenters. The fourth-order valence-corrected chi connectivity index (χ4v) is 19.0. The molecule has 10 aromatic rings. The van der Waals surface area contributed by atoms with Gasteiger partial charge in [-0.3, -0.25) is 0 Å². The lowest BCUT2D eigenvalue weighted by Crippen LogP contribution is -2.25. The number of benzene rings is 6. The van der Waals surface area contributed by atoms with Crippen molar-refractivity contribution in [2.45, 2.75) is 167 Å². The Labute approximate surface area is 482 Å². The summed E-state index contributed by atoms with van der Waals surface area (Å²) in [5, 5.41) is 5.47. The molecule has 0 saturated heterocycles. The smallest absolute Gasteiger partial charge is 0.0528 e. The minimum Gasteiger partial charge on any atom is -0.133 e. The molecule has 0 unspecified atom stereocenters. The number of thiophene rings is 4. The first-order valence-corrected chi connectivity index (χ1v) is 33.5. The molecule has 6 aromatic carbocycles. The molecule has 0 spiro atoms. The minimum atomic E-state index is 0.0703. The SMILES string of the molecule is CCCCCCC1(CCCCCC)c2ccccc2-c2ccc(-c3sc(-c4ccc(-c5ccc(-c6sc(-c7ccc8c(c7)C(CCCCCC)(CCCCCC)c7ccccc7-8)c7ccccc67)s5)s4)c4ccccc34)cc21. The number of rotatable bonds is 25. The molecule has 2 aliphatic rings. The van der Waals surface area contributed by atoms with Gasteiger partial charge in [0.15, 0.2) is 0 Å². The predicted molar refractivity (Wildman–Crippen MR) is 348 cm³/mol. The zero-order chi connectivity index (χ0) is 53.1. The maximum absolute atomic E-state index is 2.64. The lowest BCUT2D eigenvalue weighted by atomic mass is 9.70. The van der Waals surface area contributed by atoms with E-state index >= 15 is 0 Å². The summed E-state index contributed by atoms with van der Waals surface area (Å²) in [6, 6.07) is 62.0. The Morgan fingerprint density at radius 3 is 0.962 bits per heavy atom. The van der Waals surface area contributed by atoms with Crippen LogP contribution in [0.15, 0.2) is 158 Å². The van der Waals surface area contributed by atoms with Gasteiger partial charge in [0.2, 0.25) is 0 Å². The first-order chi connectivity index (χ1) is 38.5. The van der Waals surface area contributed by atoms with Crippen LogP contribution in [-0.4, -0.2) is 0 Å². The predicted octanol–water partition coefficient (Wildman–Crippen LogP) is 25.0. The normalized spacial score (nSPS) is 13.8. The Kier molecular flexibility index (Phi) is 16.2. The molecule has 0 radical (unpaired) electrons. The van der Waals surface area contributed by atoms with Crippen LogP contribution in [0.1, 0.15) is 178 Å². The van der Waals surface area contributed by atoms with E-state index in [0.717, 1.165) is 0 Å². The summed E-state index contributed by atoms with van der Waals surface area (Å²) >= 11 is 7.92. The molecule has 4 aromatic heterocycles. The van der Waals surface area contributed by atoms with Crippen molar-refractivity contribution in [1.29, 1.82) is 0 Å². The van der Waals surface area contributed by atoms with E-state index in [4.69, 9.17) is 0 Å². The molecule has 0 saturated carbocycles. The summed E-state index contributed by atoms with van der Waals surface area (Å²) in [6.07, 6.45) is 25.7. The lowest BCUT2D eigenvalue weighted by molar-refractivity contribution is 0.401. The van der Waals surface area contributed by atoms with Crippen LogP contribution in [0.2, 0.25) is 0 Å². The summed E-state index contributed by atoms with van der Waals surface area (Å²) in [5.74, 6) is 0. The molecule has 12 rings (SSSR count). The van der Waals surface area contributed by atoms with Gasteiger partial charge in [-0.2, -0.15) is 0 Å². The van der Waals surface area contributed by atoms with Crippen molar-refractivity contribution in [1.82, 2.24) is 0 Å². The van der Waals surface area contributed by atoms with Crippen molar-refractivity contribution < 1.29 is 0 Å². The maximum atomic E-state index is 2.64. The molecule has 0 amide bonds. The standard InChI is InChI=1S/C74H78S4/c1-5-9-13-25-45-73(46-26-14-10-6-2)61-35-23-21-29-53(61)55-39-37-51(49-63(55)73)69-57-31-17-19-33-59(57)71(77-69)67-43-41-65(75-67)66-42-44-68(76-66)72-60-34-20-18-32-58(60)70(78-72)52-38-40-56-54-30-22-24-36-62(54)74(64(56)50-52,47-27-15-11-7-3)48-28-16-12-8-4/h17-24,29-44,49-50H,5-16,25-28,45-48H2,1-4H3. The van der Waals surface area contributed by atoms with Crippen LogP contribution in [0.25, 0.3) is 93.9 Å². The monoisotopic (exact) mass is 1090 g/mol. The van der Waals surface area contributed by atoms with Crippen LogP contribution in [0, 0.1) is 0 Å². The molecular weight excluding hydrogens is 1020 g/mol. The molecular formula is C74H78S4. The average Bonchev–Trinajstić information content (AvgIpc) is 4.53. The molecule has 0 aliphatic heterocycles. The number of hydrogen-bond donors (Lipinski definition) is 0. The summed E-state index contributed by atoms with van der Waals surface area (Å²) < 4.78 is 0. The van der Waals surface area contributed by atoms with E-state index in [1.807, 2.05) is 45.3 Å². The van der Waals surface area contributed by atoms with Gasteiger partial charge in [0.1, 0.15) is 0 Å². The molecule has 0 N–H and O–H groups in total. The number of fused-ring (bicyclic) bond motifs is 8. The highest BCUT2D eigenvalue weighted by Gasteiger charge is 2.44. The van der Waals surface area contributed by atoms with Crippen LogP contribution in [0.3, 0.4) is 0 Å². The van der Waals surface area contributed by atoms with Crippen LogP contribution in [0.5, 0.6) is 0 Å². The van der Waals surface area contributed by atoms with Crippen molar-refractivity contribution in [2.24, 2.45) is 0 Å². The molecule has 78 heavy (non-hydrogen) atoms. The second-order valence-electron chi connectivity index (χ2n) is 23.0. The van der Waals surface area contributed by atoms with Gasteiger partial charge in [0.25, 0.3) is 0 Å². The van der Waals surface area contributed by atoms with E-state index in [1.165, 1.54) is 222 Å². The van der Waals surface area contributed by atoms with E-state index in [-0.39, 0.29) is 10.8 Å². The van der Waals surface area contributed by atoms with Gasteiger partial charge in [0, 0.05) is 61.6 Å². The Balaban J connectivity index is 0.869. The summed E-state index contributed by atoms with van der Waals surface area (Å²) in [5.41, 5.74) is 15.0. The summed E-state index contributed by atoms with van der Waals surface area (Å²) in [6.45, 7) is 9.36. The Bertz CT molecular complexity index is 3410. The van der Waals surface area contributed by atoms with E-state index in [0.29, 0.717) is 0 Å².